The number of rotatable bonds is 6. The highest BCUT2D eigenvalue weighted by atomic mass is 16.5. The maximum atomic E-state index is 8.55. The zero-order chi connectivity index (χ0) is 12.0. The van der Waals surface area contributed by atoms with Crippen LogP contribution in [0, 0.1) is 0 Å². The summed E-state index contributed by atoms with van der Waals surface area (Å²) in [6.45, 7) is 2.10. The van der Waals surface area contributed by atoms with E-state index in [1.54, 1.807) is 7.11 Å². The Labute approximate surface area is 97.0 Å². The maximum absolute atomic E-state index is 8.55. The van der Waals surface area contributed by atoms with E-state index in [2.05, 4.69) is 17.4 Å². The minimum Gasteiger partial charge on any atom is -0.409 e. The summed E-state index contributed by atoms with van der Waals surface area (Å²) < 4.78 is 5.43. The molecule has 3 unspecified atom stereocenters. The molecule has 0 heterocycles. The van der Waals surface area contributed by atoms with Crippen molar-refractivity contribution in [2.45, 2.75) is 57.2 Å². The Morgan fingerprint density at radius 3 is 2.94 bits per heavy atom. The average Bonchev–Trinajstić information content (AvgIpc) is 2.75. The lowest BCUT2D eigenvalue weighted by molar-refractivity contribution is 0.0812. The van der Waals surface area contributed by atoms with Crippen LogP contribution in [0.1, 0.15) is 39.0 Å². The second-order valence-corrected chi connectivity index (χ2v) is 4.38. The zero-order valence-electron chi connectivity index (χ0n) is 10.1. The number of methoxy groups -OCH3 is 1. The second-order valence-electron chi connectivity index (χ2n) is 4.38. The summed E-state index contributed by atoms with van der Waals surface area (Å²) in [6.07, 6.45) is 5.32. The molecule has 0 saturated heterocycles. The molecule has 1 rings (SSSR count). The number of nitrogens with two attached hydrogens (primary N) is 1. The molecule has 1 saturated carbocycles. The van der Waals surface area contributed by atoms with Gasteiger partial charge in [0.05, 0.1) is 6.10 Å². The highest BCUT2D eigenvalue weighted by Gasteiger charge is 2.28. The van der Waals surface area contributed by atoms with Crippen molar-refractivity contribution in [3.8, 4) is 0 Å². The Hall–Kier alpha value is -0.810. The highest BCUT2D eigenvalue weighted by Crippen LogP contribution is 2.22. The Bertz CT molecular complexity index is 233. The Balaban J connectivity index is 2.43. The van der Waals surface area contributed by atoms with Crippen LogP contribution in [-0.4, -0.2) is 36.3 Å². The zero-order valence-corrected chi connectivity index (χ0v) is 10.1. The molecule has 0 aliphatic heterocycles. The third-order valence-electron chi connectivity index (χ3n) is 3.28. The molecule has 1 aliphatic rings. The van der Waals surface area contributed by atoms with Crippen molar-refractivity contribution in [2.75, 3.05) is 7.11 Å². The van der Waals surface area contributed by atoms with Crippen molar-refractivity contribution < 1.29 is 9.94 Å². The SMILES string of the molecule is CCC(CC(N)=NO)NC1CCCC1OC. The van der Waals surface area contributed by atoms with E-state index in [0.29, 0.717) is 18.6 Å². The number of amidine groups is 1. The van der Waals surface area contributed by atoms with Crippen LogP contribution in [0.25, 0.3) is 0 Å². The van der Waals surface area contributed by atoms with Gasteiger partial charge < -0.3 is 21.0 Å². The summed E-state index contributed by atoms with van der Waals surface area (Å²) in [7, 11) is 1.76. The fourth-order valence-electron chi connectivity index (χ4n) is 2.32. The van der Waals surface area contributed by atoms with Gasteiger partial charge in [0.15, 0.2) is 0 Å². The molecule has 0 radical (unpaired) electrons. The fourth-order valence-corrected chi connectivity index (χ4v) is 2.32. The largest absolute Gasteiger partial charge is 0.409 e. The molecule has 0 aromatic heterocycles. The number of hydrogen-bond donors (Lipinski definition) is 3. The van der Waals surface area contributed by atoms with Crippen LogP contribution in [-0.2, 0) is 4.74 Å². The Morgan fingerprint density at radius 1 is 1.62 bits per heavy atom. The molecule has 0 amide bonds. The molecule has 0 bridgehead atoms. The van der Waals surface area contributed by atoms with Crippen molar-refractivity contribution in [3.05, 3.63) is 0 Å². The molecule has 0 aromatic carbocycles. The first-order valence-electron chi connectivity index (χ1n) is 5.96. The molecule has 3 atom stereocenters. The number of nitrogens with zero attached hydrogens (tertiary/aromatic N) is 1. The van der Waals surface area contributed by atoms with Crippen molar-refractivity contribution in [3.63, 3.8) is 0 Å². The van der Waals surface area contributed by atoms with Gasteiger partial charge in [0.2, 0.25) is 0 Å². The lowest BCUT2D eigenvalue weighted by Gasteiger charge is -2.25. The number of hydrogen-bond acceptors (Lipinski definition) is 4. The van der Waals surface area contributed by atoms with Gasteiger partial charge in [-0.2, -0.15) is 0 Å². The third-order valence-corrected chi connectivity index (χ3v) is 3.28. The van der Waals surface area contributed by atoms with Gasteiger partial charge >= 0.3 is 0 Å². The lowest BCUT2D eigenvalue weighted by atomic mass is 10.1. The van der Waals surface area contributed by atoms with Crippen molar-refractivity contribution >= 4 is 5.84 Å². The van der Waals surface area contributed by atoms with Gasteiger partial charge in [-0.3, -0.25) is 0 Å². The van der Waals surface area contributed by atoms with Crippen LogP contribution in [0.3, 0.4) is 0 Å². The normalized spacial score (nSPS) is 28.2. The van der Waals surface area contributed by atoms with Crippen LogP contribution in [0.15, 0.2) is 5.16 Å². The quantitative estimate of drug-likeness (QED) is 0.275. The standard InChI is InChI=1S/C11H23N3O2/c1-3-8(7-11(12)14-15)13-9-5-4-6-10(9)16-2/h8-10,13,15H,3-7H2,1-2H3,(H2,12,14). The number of nitrogens with one attached hydrogen (secondary N) is 1. The van der Waals surface area contributed by atoms with Gasteiger partial charge in [-0.1, -0.05) is 12.1 Å². The second kappa shape index (κ2) is 6.70. The molecule has 94 valence electrons. The number of ether oxygens (including phenoxy) is 1. The minimum atomic E-state index is 0.261. The van der Waals surface area contributed by atoms with Crippen molar-refractivity contribution in [2.24, 2.45) is 10.9 Å². The minimum absolute atomic E-state index is 0.261. The monoisotopic (exact) mass is 229 g/mol. The number of oxime groups is 1. The molecule has 1 aliphatic carbocycles. The van der Waals surface area contributed by atoms with Crippen molar-refractivity contribution in [1.82, 2.24) is 5.32 Å². The smallest absolute Gasteiger partial charge is 0.140 e. The highest BCUT2D eigenvalue weighted by molar-refractivity contribution is 5.80. The first-order chi connectivity index (χ1) is 7.71. The molecule has 5 heteroatoms. The van der Waals surface area contributed by atoms with Gasteiger partial charge in [0.1, 0.15) is 5.84 Å². The Kier molecular flexibility index (Phi) is 5.55. The molecular formula is C11H23N3O2. The molecule has 16 heavy (non-hydrogen) atoms. The molecular weight excluding hydrogens is 206 g/mol. The van der Waals surface area contributed by atoms with Crippen molar-refractivity contribution in [1.29, 1.82) is 0 Å². The first kappa shape index (κ1) is 13.3. The van der Waals surface area contributed by atoms with E-state index in [1.807, 2.05) is 0 Å². The summed E-state index contributed by atoms with van der Waals surface area (Å²) in [5, 5.41) is 15.1. The van der Waals surface area contributed by atoms with Crippen LogP contribution < -0.4 is 11.1 Å². The van der Waals surface area contributed by atoms with Crippen LogP contribution in [0.4, 0.5) is 0 Å². The average molecular weight is 229 g/mol. The summed E-state index contributed by atoms with van der Waals surface area (Å²) in [4.78, 5) is 0. The Morgan fingerprint density at radius 2 is 2.38 bits per heavy atom. The summed E-state index contributed by atoms with van der Waals surface area (Å²) in [5.41, 5.74) is 5.52. The van der Waals surface area contributed by atoms with E-state index in [9.17, 15) is 0 Å². The lowest BCUT2D eigenvalue weighted by Crippen LogP contribution is -2.44. The predicted octanol–water partition coefficient (Wildman–Crippen LogP) is 1.06. The molecule has 1 fully saturated rings. The summed E-state index contributed by atoms with van der Waals surface area (Å²) in [5.74, 6) is 0.284. The van der Waals surface area contributed by atoms with E-state index in [4.69, 9.17) is 15.7 Å². The van der Waals surface area contributed by atoms with Gasteiger partial charge in [-0.15, -0.1) is 0 Å². The van der Waals surface area contributed by atoms with E-state index < -0.39 is 0 Å². The summed E-state index contributed by atoms with van der Waals surface area (Å²) >= 11 is 0. The molecule has 0 aromatic rings. The maximum Gasteiger partial charge on any atom is 0.140 e. The molecule has 5 nitrogen and oxygen atoms in total. The third kappa shape index (κ3) is 3.64. The van der Waals surface area contributed by atoms with Gasteiger partial charge in [0.25, 0.3) is 0 Å². The van der Waals surface area contributed by atoms with Gasteiger partial charge in [-0.25, -0.2) is 0 Å². The first-order valence-corrected chi connectivity index (χ1v) is 5.96. The topological polar surface area (TPSA) is 79.9 Å². The fraction of sp³-hybridized carbons (Fsp3) is 0.909. The van der Waals surface area contributed by atoms with E-state index >= 15 is 0 Å². The van der Waals surface area contributed by atoms with Gasteiger partial charge in [0, 0.05) is 25.6 Å². The van der Waals surface area contributed by atoms with E-state index in [0.717, 1.165) is 19.3 Å². The van der Waals surface area contributed by atoms with Crippen LogP contribution in [0.2, 0.25) is 0 Å². The van der Waals surface area contributed by atoms with Gasteiger partial charge in [-0.05, 0) is 25.7 Å². The van der Waals surface area contributed by atoms with E-state index in [-0.39, 0.29) is 11.9 Å². The molecule has 0 spiro atoms. The van der Waals surface area contributed by atoms with Crippen LogP contribution in [0.5, 0.6) is 0 Å². The summed E-state index contributed by atoms with van der Waals surface area (Å²) in [6, 6.07) is 0.665. The van der Waals surface area contributed by atoms with Crippen LogP contribution >= 0.6 is 0 Å². The van der Waals surface area contributed by atoms with E-state index in [1.165, 1.54) is 6.42 Å². The molecule has 4 N–H and O–H groups in total. The predicted molar refractivity (Wildman–Crippen MR) is 63.7 cm³/mol.